The number of rotatable bonds is 22. The molecule has 3 aromatic rings. The molecule has 4 aliphatic heterocycles. The minimum absolute atomic E-state index is 0.0152. The topological polar surface area (TPSA) is 259 Å². The van der Waals surface area contributed by atoms with Gasteiger partial charge in [-0.2, -0.15) is 16.9 Å². The number of hydrogen-bond donors (Lipinski definition) is 3. The van der Waals surface area contributed by atoms with Gasteiger partial charge in [0.2, 0.25) is 5.91 Å². The zero-order valence-electron chi connectivity index (χ0n) is 62.8. The molecule has 560 valence electrons. The number of nitrogens with one attached hydrogen (secondary N) is 1. The lowest BCUT2D eigenvalue weighted by molar-refractivity contribution is -0.229. The fraction of sp³-hybridized carbons (Fsp3) is 0.662. The third-order valence-electron chi connectivity index (χ3n) is 22.5. The Morgan fingerprint density at radius 2 is 1.57 bits per heavy atom. The van der Waals surface area contributed by atoms with E-state index in [0.717, 1.165) is 82.9 Å². The van der Waals surface area contributed by atoms with Gasteiger partial charge in [-0.1, -0.05) is 50.1 Å². The standard InChI is InChI=1S/C80H115N7O14S/c1-48(2)87-64-44-59(43-61(62(64)47-83-87)65(88)23-21-60-52(6)36-51(5)38-69(60)92)58-20-24-73(82-46-58)85-31-29-84(30-32-85)28-26-81-74(93)25-34-102-33-16-17-57-37-49(3)35-50(4)39-71(98-12)76-72(99-13)41-54(8)80(10,101-76)77(94)78(95)86-27-15-14-18-63(86)79(96)100-75(55(9)67(90)45-68(57)91)53(7)40-56-19-22-66(89)70(42-56)97-11/h20,24,36-37,40,43-44,46-48,50,54-57,63,66-67,70-72,75-76,89-90H,14-19,21-23,25-35,38-39,41-42,45H2,1-13H3,(H,81,93)/b49-37+,53-40+/t50-,54+,55+,56?,57+,63-,66+,67-,70?,71-,72-,75+,76+,80+/m0/s1. The van der Waals surface area contributed by atoms with Gasteiger partial charge >= 0.3 is 5.97 Å². The number of allylic oxidation sites excluding steroid dienone is 7. The molecule has 2 bridgehead atoms. The van der Waals surface area contributed by atoms with Crippen molar-refractivity contribution < 1.29 is 67.5 Å². The highest BCUT2D eigenvalue weighted by molar-refractivity contribution is 7.99. The summed E-state index contributed by atoms with van der Waals surface area (Å²) in [5.41, 5.74) is 6.04. The lowest BCUT2D eigenvalue weighted by atomic mass is 9.76. The van der Waals surface area contributed by atoms with Crippen molar-refractivity contribution in [3.63, 3.8) is 0 Å². The second-order valence-corrected chi connectivity index (χ2v) is 31.8. The van der Waals surface area contributed by atoms with Crippen molar-refractivity contribution in [1.82, 2.24) is 29.9 Å². The maximum atomic E-state index is 14.8. The monoisotopic (exact) mass is 1430 g/mol. The zero-order valence-corrected chi connectivity index (χ0v) is 63.7. The van der Waals surface area contributed by atoms with E-state index in [4.69, 9.17) is 28.7 Å². The number of hydrogen-bond acceptors (Lipinski definition) is 19. The Kier molecular flexibility index (Phi) is 28.7. The van der Waals surface area contributed by atoms with Crippen LogP contribution in [-0.4, -0.2) is 209 Å². The first-order valence-electron chi connectivity index (χ1n) is 37.5. The summed E-state index contributed by atoms with van der Waals surface area (Å²) in [6.07, 6.45) is 12.0. The van der Waals surface area contributed by atoms with Crippen LogP contribution in [0.25, 0.3) is 22.0 Å². The number of thioether (sulfide) groups is 1. The lowest BCUT2D eigenvalue weighted by Crippen LogP contribution is -2.63. The first-order chi connectivity index (χ1) is 48.7. The Labute approximate surface area is 608 Å². The molecule has 102 heavy (non-hydrogen) atoms. The van der Waals surface area contributed by atoms with Gasteiger partial charge in [0.25, 0.3) is 11.7 Å². The smallest absolute Gasteiger partial charge is 0.329 e. The molecular formula is C80H115N7O14S. The number of methoxy groups -OCH3 is 3. The van der Waals surface area contributed by atoms with Crippen LogP contribution >= 0.6 is 11.8 Å². The van der Waals surface area contributed by atoms with Crippen molar-refractivity contribution in [2.45, 2.75) is 232 Å². The molecule has 2 aromatic heterocycles. The van der Waals surface area contributed by atoms with E-state index < -0.39 is 83.7 Å². The van der Waals surface area contributed by atoms with E-state index in [9.17, 15) is 43.8 Å². The number of aliphatic hydroxyl groups is 2. The van der Waals surface area contributed by atoms with Gasteiger partial charge in [-0.3, -0.25) is 38.3 Å². The molecule has 21 nitrogen and oxygen atoms in total. The van der Waals surface area contributed by atoms with Gasteiger partial charge in [-0.15, -0.1) is 0 Å². The van der Waals surface area contributed by atoms with Crippen LogP contribution in [-0.2, 0) is 52.5 Å². The van der Waals surface area contributed by atoms with Crippen molar-refractivity contribution in [2.75, 3.05) is 83.5 Å². The Morgan fingerprint density at radius 3 is 2.26 bits per heavy atom. The number of amides is 2. The number of benzene rings is 1. The van der Waals surface area contributed by atoms with Gasteiger partial charge in [0, 0.05) is 139 Å². The third kappa shape index (κ3) is 19.8. The van der Waals surface area contributed by atoms with E-state index in [-0.39, 0.29) is 73.0 Å². The summed E-state index contributed by atoms with van der Waals surface area (Å²) >= 11 is 1.67. The van der Waals surface area contributed by atoms with Crippen LogP contribution in [0.3, 0.4) is 0 Å². The minimum Gasteiger partial charge on any atom is -0.456 e. The quantitative estimate of drug-likeness (QED) is 0.0278. The average Bonchev–Trinajstić information content (AvgIpc) is 0.852. The summed E-state index contributed by atoms with van der Waals surface area (Å²) < 4.78 is 33.0. The van der Waals surface area contributed by atoms with Gasteiger partial charge in [0.05, 0.1) is 42.2 Å². The first kappa shape index (κ1) is 79.9. The molecule has 22 heteroatoms. The number of carbonyl (C=O) groups excluding carboxylic acids is 7. The fourth-order valence-corrected chi connectivity index (χ4v) is 17.2. The number of Topliss-reactive ketones (excluding diaryl/α,β-unsaturated/α-hetero) is 4. The summed E-state index contributed by atoms with van der Waals surface area (Å²) in [5.74, 6) is -1.87. The molecule has 6 heterocycles. The highest BCUT2D eigenvalue weighted by Crippen LogP contribution is 2.41. The first-order valence-corrected chi connectivity index (χ1v) is 38.7. The lowest BCUT2D eigenvalue weighted by Gasteiger charge is -2.48. The van der Waals surface area contributed by atoms with Gasteiger partial charge in [-0.25, -0.2) is 9.78 Å². The van der Waals surface area contributed by atoms with E-state index in [1.54, 1.807) is 53.1 Å². The molecule has 1 aromatic carbocycles. The number of cyclic esters (lactones) is 1. The van der Waals surface area contributed by atoms with Crippen molar-refractivity contribution in [2.24, 2.45) is 29.6 Å². The number of anilines is 1. The molecule has 1 saturated carbocycles. The number of piperidine rings is 1. The van der Waals surface area contributed by atoms with Crippen molar-refractivity contribution in [3.05, 3.63) is 88.3 Å². The fourth-order valence-electron chi connectivity index (χ4n) is 16.3. The summed E-state index contributed by atoms with van der Waals surface area (Å²) in [5, 5.41) is 31.5. The number of aliphatic hydroxyl groups excluding tert-OH is 2. The minimum atomic E-state index is -1.56. The molecular weight excluding hydrogens is 1310 g/mol. The van der Waals surface area contributed by atoms with Crippen LogP contribution in [0, 0.1) is 29.6 Å². The van der Waals surface area contributed by atoms with Crippen LogP contribution in [0.4, 0.5) is 5.82 Å². The summed E-state index contributed by atoms with van der Waals surface area (Å²) in [4.78, 5) is 110. The van der Waals surface area contributed by atoms with Gasteiger partial charge in [-0.05, 0) is 196 Å². The molecule has 4 fully saturated rings. The molecule has 0 radical (unpaired) electrons. The molecule has 2 aliphatic carbocycles. The Bertz CT molecular complexity index is 3570. The zero-order chi connectivity index (χ0) is 73.7. The molecule has 2 unspecified atom stereocenters. The Morgan fingerprint density at radius 1 is 0.833 bits per heavy atom. The second-order valence-electron chi connectivity index (χ2n) is 30.6. The van der Waals surface area contributed by atoms with Gasteiger partial charge in [0.1, 0.15) is 35.5 Å². The number of ketones is 4. The van der Waals surface area contributed by atoms with E-state index in [2.05, 4.69) is 53.1 Å². The number of carbonyl (C=O) groups is 7. The third-order valence-corrected chi connectivity index (χ3v) is 23.6. The van der Waals surface area contributed by atoms with Gasteiger partial charge < -0.3 is 49.0 Å². The van der Waals surface area contributed by atoms with Crippen molar-refractivity contribution in [1.29, 1.82) is 0 Å². The van der Waals surface area contributed by atoms with Crippen LogP contribution in [0.1, 0.15) is 188 Å². The second kappa shape index (κ2) is 36.7. The molecule has 3 N–H and O–H groups in total. The van der Waals surface area contributed by atoms with E-state index in [1.807, 2.05) is 75.9 Å². The van der Waals surface area contributed by atoms with Gasteiger partial charge in [0.15, 0.2) is 11.6 Å². The van der Waals surface area contributed by atoms with Crippen LogP contribution in [0.5, 0.6) is 0 Å². The number of ether oxygens (including phenoxy) is 5. The van der Waals surface area contributed by atoms with E-state index in [0.29, 0.717) is 113 Å². The molecule has 2 amide bonds. The Hall–Kier alpha value is -6.24. The highest BCUT2D eigenvalue weighted by atomic mass is 32.2. The average molecular weight is 1430 g/mol. The van der Waals surface area contributed by atoms with Crippen molar-refractivity contribution in [3.8, 4) is 11.1 Å². The van der Waals surface area contributed by atoms with E-state index >= 15 is 0 Å². The molecule has 14 atom stereocenters. The summed E-state index contributed by atoms with van der Waals surface area (Å²) in [7, 11) is 4.80. The number of aromatic nitrogens is 3. The maximum absolute atomic E-state index is 14.8. The molecule has 6 aliphatic rings. The maximum Gasteiger partial charge on any atom is 0.329 e. The number of pyridine rings is 1. The van der Waals surface area contributed by atoms with Crippen LogP contribution in [0.2, 0.25) is 0 Å². The SMILES string of the molecule is COC1CC(/C=C(\C)[C@H]2OC(=O)[C@@H]3CCCCN3C(=O)C(=O)[C@]3(C)O[C@H]([C@@H](OC)C[C@@H](C)C/C(C)=C/[C@@H](CCCSCCC(=O)NCCN4CCN(c5ccc(-c6cc(C(=O)CCC7=C(C)C=C(C)CC7=O)c7cnn(C(C)C)c7c6)cn5)CC4)C(=O)C[C@H](O)[C@H]2C)[C@@H](OC)C[C@H]3C)CC[C@H]1O. The summed E-state index contributed by atoms with van der Waals surface area (Å²) in [6.45, 7) is 23.9. The Balaban J connectivity index is 0.794. The number of piperazine rings is 1. The number of esters is 1. The normalized spacial score (nSPS) is 30.2. The highest BCUT2D eigenvalue weighted by Gasteiger charge is 2.55. The number of nitrogens with zero attached hydrogens (tertiary/aromatic N) is 6. The van der Waals surface area contributed by atoms with E-state index in [1.165, 1.54) is 4.90 Å². The molecule has 9 rings (SSSR count). The van der Waals surface area contributed by atoms with Crippen molar-refractivity contribution >= 4 is 69.4 Å². The van der Waals surface area contributed by atoms with Crippen LogP contribution in [0.15, 0.2) is 82.8 Å². The predicted octanol–water partition coefficient (Wildman–Crippen LogP) is 11.2. The predicted molar refractivity (Wildman–Crippen MR) is 397 cm³/mol. The molecule has 3 saturated heterocycles. The summed E-state index contributed by atoms with van der Waals surface area (Å²) in [6, 6.07) is 7.11. The molecule has 0 spiro atoms. The number of fused-ring (bicyclic) bond motifs is 4. The largest absolute Gasteiger partial charge is 0.456 e. The van der Waals surface area contributed by atoms with Crippen LogP contribution < -0.4 is 10.2 Å².